The van der Waals surface area contributed by atoms with Crippen molar-refractivity contribution in [3.8, 4) is 0 Å². The number of aliphatic hydroxyl groups is 1. The van der Waals surface area contributed by atoms with Gasteiger partial charge >= 0.3 is 0 Å². The number of aromatic nitrogens is 1. The minimum atomic E-state index is -0.398. The first-order chi connectivity index (χ1) is 8.22. The number of primary amides is 1. The van der Waals surface area contributed by atoms with Crippen LogP contribution in [0.2, 0.25) is 0 Å². The molecule has 1 aromatic rings. The molecule has 0 atom stereocenters. The monoisotopic (exact) mass is 236 g/mol. The molecule has 0 aromatic carbocycles. The molecule has 1 rings (SSSR count). The number of rotatable bonds is 7. The number of aliphatic hydroxyl groups excluding tert-OH is 1. The number of hydrogen-bond donors (Lipinski definition) is 3. The predicted molar refractivity (Wildman–Crippen MR) is 64.7 cm³/mol. The maximum absolute atomic E-state index is 10.5. The predicted octanol–water partition coefficient (Wildman–Crippen LogP) is -0.932. The molecule has 0 unspecified atom stereocenters. The van der Waals surface area contributed by atoms with E-state index < -0.39 is 5.91 Å². The zero-order chi connectivity index (χ0) is 12.5. The van der Waals surface area contributed by atoms with E-state index in [4.69, 9.17) is 10.8 Å². The molecule has 6 nitrogen and oxygen atoms in total. The molecule has 0 saturated heterocycles. The highest BCUT2D eigenvalue weighted by molar-refractivity contribution is 5.79. The van der Waals surface area contributed by atoms with E-state index in [2.05, 4.69) is 15.3 Å². The summed E-state index contributed by atoms with van der Waals surface area (Å²) in [6, 6.07) is 3.67. The van der Waals surface area contributed by atoms with Gasteiger partial charge in [-0.15, -0.1) is 0 Å². The van der Waals surface area contributed by atoms with Crippen molar-refractivity contribution in [2.75, 3.05) is 19.7 Å². The summed E-state index contributed by atoms with van der Waals surface area (Å²) in [5.41, 5.74) is 6.71. The molecule has 0 spiro atoms. The molecule has 0 radical (unpaired) electrons. The minimum Gasteiger partial charge on any atom is -0.394 e. The molecule has 0 saturated carbocycles. The smallest absolute Gasteiger partial charge is 0.231 e. The average molecular weight is 236 g/mol. The lowest BCUT2D eigenvalue weighted by atomic mass is 10.2. The first-order valence-electron chi connectivity index (χ1n) is 5.27. The standard InChI is InChI=1S/C11H16N4O2/c12-11(17)8-14-7-10-5-9(1-2-15-10)6-13-3-4-16/h1-2,5-6,14,16H,3-4,7-8H2,(H2,12,17)/b13-6+. The first-order valence-corrected chi connectivity index (χ1v) is 5.27. The third-order valence-electron chi connectivity index (χ3n) is 1.92. The maximum Gasteiger partial charge on any atom is 0.231 e. The van der Waals surface area contributed by atoms with Crippen molar-refractivity contribution in [2.45, 2.75) is 6.54 Å². The van der Waals surface area contributed by atoms with E-state index in [-0.39, 0.29) is 13.2 Å². The normalized spacial score (nSPS) is 10.9. The summed E-state index contributed by atoms with van der Waals surface area (Å²) < 4.78 is 0. The lowest BCUT2D eigenvalue weighted by Crippen LogP contribution is -2.28. The van der Waals surface area contributed by atoms with Crippen molar-refractivity contribution in [3.05, 3.63) is 29.6 Å². The molecule has 6 heteroatoms. The zero-order valence-electron chi connectivity index (χ0n) is 9.47. The van der Waals surface area contributed by atoms with Crippen molar-refractivity contribution in [2.24, 2.45) is 10.7 Å². The van der Waals surface area contributed by atoms with Gasteiger partial charge in [0.05, 0.1) is 25.4 Å². The van der Waals surface area contributed by atoms with Crippen LogP contribution >= 0.6 is 0 Å². The number of pyridine rings is 1. The fourth-order valence-corrected chi connectivity index (χ4v) is 1.22. The van der Waals surface area contributed by atoms with Crippen LogP contribution in [0.5, 0.6) is 0 Å². The van der Waals surface area contributed by atoms with Crippen molar-refractivity contribution in [1.82, 2.24) is 10.3 Å². The number of carbonyl (C=O) groups excluding carboxylic acids is 1. The van der Waals surface area contributed by atoms with Gasteiger partial charge in [0, 0.05) is 19.0 Å². The number of nitrogens with two attached hydrogens (primary N) is 1. The fraction of sp³-hybridized carbons (Fsp3) is 0.364. The van der Waals surface area contributed by atoms with Crippen molar-refractivity contribution < 1.29 is 9.90 Å². The Bertz CT molecular complexity index is 393. The topological polar surface area (TPSA) is 101 Å². The third kappa shape index (κ3) is 5.74. The Hall–Kier alpha value is -1.79. The van der Waals surface area contributed by atoms with Crippen molar-refractivity contribution in [3.63, 3.8) is 0 Å². The van der Waals surface area contributed by atoms with Gasteiger partial charge in [0.15, 0.2) is 0 Å². The van der Waals surface area contributed by atoms with Crippen LogP contribution in [0.4, 0.5) is 0 Å². The molecule has 0 bridgehead atoms. The second kappa shape index (κ2) is 7.48. The molecule has 4 N–H and O–H groups in total. The van der Waals surface area contributed by atoms with Gasteiger partial charge in [0.25, 0.3) is 0 Å². The van der Waals surface area contributed by atoms with Gasteiger partial charge in [-0.3, -0.25) is 14.8 Å². The number of carbonyl (C=O) groups is 1. The highest BCUT2D eigenvalue weighted by Gasteiger charge is 1.97. The van der Waals surface area contributed by atoms with E-state index in [9.17, 15) is 4.79 Å². The Kier molecular flexibility index (Phi) is 5.84. The van der Waals surface area contributed by atoms with Crippen LogP contribution in [0.1, 0.15) is 11.3 Å². The molecule has 0 aliphatic carbocycles. The van der Waals surface area contributed by atoms with E-state index in [1.54, 1.807) is 12.4 Å². The van der Waals surface area contributed by atoms with Crippen LogP contribution in [-0.4, -0.2) is 41.9 Å². The molecule has 0 fully saturated rings. The number of amides is 1. The third-order valence-corrected chi connectivity index (χ3v) is 1.92. The average Bonchev–Trinajstić information content (AvgIpc) is 2.29. The molecule has 1 aromatic heterocycles. The first kappa shape index (κ1) is 13.3. The number of nitrogens with zero attached hydrogens (tertiary/aromatic N) is 2. The lowest BCUT2D eigenvalue weighted by molar-refractivity contribution is -0.117. The molecule has 1 heterocycles. The maximum atomic E-state index is 10.5. The van der Waals surface area contributed by atoms with Crippen LogP contribution in [0.15, 0.2) is 23.3 Å². The Morgan fingerprint density at radius 2 is 2.47 bits per heavy atom. The quantitative estimate of drug-likeness (QED) is 0.532. The number of nitrogens with one attached hydrogen (secondary N) is 1. The highest BCUT2D eigenvalue weighted by Crippen LogP contribution is 1.99. The molecule has 92 valence electrons. The number of hydrogen-bond acceptors (Lipinski definition) is 5. The second-order valence-electron chi connectivity index (χ2n) is 3.41. The summed E-state index contributed by atoms with van der Waals surface area (Å²) in [6.45, 7) is 1.03. The van der Waals surface area contributed by atoms with Crippen LogP contribution < -0.4 is 11.1 Å². The van der Waals surface area contributed by atoms with E-state index >= 15 is 0 Å². The lowest BCUT2D eigenvalue weighted by Gasteiger charge is -2.02. The molecule has 17 heavy (non-hydrogen) atoms. The summed E-state index contributed by atoms with van der Waals surface area (Å²) in [5.74, 6) is -0.398. The van der Waals surface area contributed by atoms with Gasteiger partial charge < -0.3 is 16.2 Å². The van der Waals surface area contributed by atoms with Crippen LogP contribution in [0.25, 0.3) is 0 Å². The van der Waals surface area contributed by atoms with Gasteiger partial charge in [-0.25, -0.2) is 0 Å². The Balaban J connectivity index is 2.50. The van der Waals surface area contributed by atoms with Gasteiger partial charge in [0.1, 0.15) is 0 Å². The highest BCUT2D eigenvalue weighted by atomic mass is 16.3. The zero-order valence-corrected chi connectivity index (χ0v) is 9.47. The summed E-state index contributed by atoms with van der Waals surface area (Å²) in [5, 5.41) is 11.5. The second-order valence-corrected chi connectivity index (χ2v) is 3.41. The Labute approximate surface area is 99.6 Å². The summed E-state index contributed by atoms with van der Waals surface area (Å²) in [6.07, 6.45) is 3.34. The summed E-state index contributed by atoms with van der Waals surface area (Å²) >= 11 is 0. The van der Waals surface area contributed by atoms with Crippen LogP contribution in [-0.2, 0) is 11.3 Å². The van der Waals surface area contributed by atoms with Gasteiger partial charge in [0.2, 0.25) is 5.91 Å². The van der Waals surface area contributed by atoms with E-state index in [0.29, 0.717) is 13.1 Å². The van der Waals surface area contributed by atoms with Gasteiger partial charge in [-0.1, -0.05) is 0 Å². The van der Waals surface area contributed by atoms with E-state index in [0.717, 1.165) is 11.3 Å². The Morgan fingerprint density at radius 3 is 3.18 bits per heavy atom. The van der Waals surface area contributed by atoms with Crippen molar-refractivity contribution in [1.29, 1.82) is 0 Å². The van der Waals surface area contributed by atoms with Gasteiger partial charge in [-0.2, -0.15) is 0 Å². The molecule has 0 aliphatic heterocycles. The summed E-state index contributed by atoms with van der Waals surface area (Å²) in [4.78, 5) is 18.7. The summed E-state index contributed by atoms with van der Waals surface area (Å²) in [7, 11) is 0. The fourth-order valence-electron chi connectivity index (χ4n) is 1.22. The SMILES string of the molecule is NC(=O)CNCc1cc(/C=N/CCO)ccn1. The van der Waals surface area contributed by atoms with Crippen LogP contribution in [0.3, 0.4) is 0 Å². The van der Waals surface area contributed by atoms with E-state index in [1.165, 1.54) is 0 Å². The molecule has 1 amide bonds. The molecule has 0 aliphatic rings. The molecular formula is C11H16N4O2. The van der Waals surface area contributed by atoms with Gasteiger partial charge in [-0.05, 0) is 17.7 Å². The van der Waals surface area contributed by atoms with Crippen LogP contribution in [0, 0.1) is 0 Å². The largest absolute Gasteiger partial charge is 0.394 e. The minimum absolute atomic E-state index is 0.0363. The Morgan fingerprint density at radius 1 is 1.65 bits per heavy atom. The van der Waals surface area contributed by atoms with Crippen molar-refractivity contribution >= 4 is 12.1 Å². The van der Waals surface area contributed by atoms with E-state index in [1.807, 2.05) is 12.1 Å². The molecular weight excluding hydrogens is 220 g/mol. The number of aliphatic imine (C=N–C) groups is 1.